The Kier molecular flexibility index (Phi) is 5.97. The molecule has 27 heavy (non-hydrogen) atoms. The van der Waals surface area contributed by atoms with Crippen LogP contribution in [0.15, 0.2) is 78.9 Å². The maximum absolute atomic E-state index is 5.47. The van der Waals surface area contributed by atoms with Gasteiger partial charge in [-0.25, -0.2) is 0 Å². The van der Waals surface area contributed by atoms with Crippen LogP contribution in [0.3, 0.4) is 0 Å². The third-order valence-corrected chi connectivity index (χ3v) is 5.45. The molecule has 0 fully saturated rings. The van der Waals surface area contributed by atoms with Crippen LogP contribution in [-0.4, -0.2) is 8.80 Å². The van der Waals surface area contributed by atoms with E-state index >= 15 is 0 Å². The summed E-state index contributed by atoms with van der Waals surface area (Å²) in [4.78, 5) is 0. The van der Waals surface area contributed by atoms with Crippen LogP contribution in [0.1, 0.15) is 22.3 Å². The second kappa shape index (κ2) is 8.99. The van der Waals surface area contributed by atoms with E-state index in [4.69, 9.17) is 12.8 Å². The molecule has 3 aromatic rings. The van der Waals surface area contributed by atoms with Crippen molar-refractivity contribution in [3.63, 3.8) is 0 Å². The summed E-state index contributed by atoms with van der Waals surface area (Å²) in [6.07, 6.45) is 10.9. The molecule has 0 saturated carbocycles. The summed E-state index contributed by atoms with van der Waals surface area (Å²) in [5, 5.41) is 1.16. The SMILES string of the molecule is C#Cc1cccc(C#C[Si](C#Cc2cccc(C#C)c2)c2ccccc2)c1. The smallest absolute Gasteiger partial charge is 0.115 e. The molecule has 0 aliphatic heterocycles. The minimum Gasteiger partial charge on any atom is -0.115 e. The maximum atomic E-state index is 5.47. The molecule has 0 saturated heterocycles. The van der Waals surface area contributed by atoms with Crippen LogP contribution in [0, 0.1) is 47.6 Å². The lowest BCUT2D eigenvalue weighted by Gasteiger charge is -2.00. The van der Waals surface area contributed by atoms with Crippen molar-refractivity contribution in [2.24, 2.45) is 0 Å². The van der Waals surface area contributed by atoms with Gasteiger partial charge >= 0.3 is 0 Å². The van der Waals surface area contributed by atoms with Gasteiger partial charge in [-0.15, -0.1) is 23.9 Å². The van der Waals surface area contributed by atoms with Crippen molar-refractivity contribution in [2.75, 3.05) is 0 Å². The molecule has 0 amide bonds. The summed E-state index contributed by atoms with van der Waals surface area (Å²) in [6, 6.07) is 25.6. The standard InChI is InChI=1S/C26H15Si/c1-3-22-10-8-12-24(20-22)16-18-27(26-14-6-5-7-15-26)19-17-25-13-9-11-23(4-2)21-25/h1-2,5-15,20-21H. The van der Waals surface area contributed by atoms with Gasteiger partial charge < -0.3 is 0 Å². The fourth-order valence-electron chi connectivity index (χ4n) is 2.42. The first-order chi connectivity index (χ1) is 13.3. The lowest BCUT2D eigenvalue weighted by atomic mass is 10.1. The Bertz CT molecular complexity index is 1070. The van der Waals surface area contributed by atoms with Crippen molar-refractivity contribution in [3.8, 4) is 47.6 Å². The largest absolute Gasteiger partial charge is 0.268 e. The van der Waals surface area contributed by atoms with Gasteiger partial charge in [0.1, 0.15) is 0 Å². The van der Waals surface area contributed by atoms with Crippen molar-refractivity contribution in [3.05, 3.63) is 101 Å². The summed E-state index contributed by atoms with van der Waals surface area (Å²) < 4.78 is 0. The summed E-state index contributed by atoms with van der Waals surface area (Å²) in [7, 11) is -1.38. The summed E-state index contributed by atoms with van der Waals surface area (Å²) in [6.45, 7) is 0. The number of rotatable bonds is 1. The molecular formula is C26H15Si. The highest BCUT2D eigenvalue weighted by molar-refractivity contribution is 6.87. The average molecular weight is 355 g/mol. The quantitative estimate of drug-likeness (QED) is 0.463. The van der Waals surface area contributed by atoms with E-state index in [9.17, 15) is 0 Å². The third-order valence-electron chi connectivity index (χ3n) is 3.78. The van der Waals surface area contributed by atoms with Gasteiger partial charge in [0.15, 0.2) is 0 Å². The van der Waals surface area contributed by atoms with Crippen molar-refractivity contribution < 1.29 is 0 Å². The Hall–Kier alpha value is -3.88. The Morgan fingerprint density at radius 2 is 1.04 bits per heavy atom. The van der Waals surface area contributed by atoms with Gasteiger partial charge in [-0.1, -0.05) is 66.1 Å². The van der Waals surface area contributed by atoms with E-state index in [1.807, 2.05) is 66.7 Å². The number of terminal acetylenes is 2. The Morgan fingerprint density at radius 3 is 1.52 bits per heavy atom. The minimum absolute atomic E-state index is 0.826. The minimum atomic E-state index is -1.38. The Labute approximate surface area is 162 Å². The Balaban J connectivity index is 1.96. The molecule has 0 nitrogen and oxygen atoms in total. The molecule has 123 valence electrons. The van der Waals surface area contributed by atoms with E-state index in [1.54, 1.807) is 0 Å². The molecule has 1 radical (unpaired) electrons. The van der Waals surface area contributed by atoms with E-state index in [2.05, 4.69) is 46.9 Å². The summed E-state index contributed by atoms with van der Waals surface area (Å²) in [5.41, 5.74) is 10.2. The monoisotopic (exact) mass is 355 g/mol. The van der Waals surface area contributed by atoms with Crippen molar-refractivity contribution in [1.29, 1.82) is 0 Å². The van der Waals surface area contributed by atoms with Crippen LogP contribution < -0.4 is 5.19 Å². The molecule has 0 atom stereocenters. The van der Waals surface area contributed by atoms with E-state index in [0.29, 0.717) is 0 Å². The Morgan fingerprint density at radius 1 is 0.556 bits per heavy atom. The van der Waals surface area contributed by atoms with Crippen LogP contribution in [0.2, 0.25) is 0 Å². The number of benzene rings is 3. The fraction of sp³-hybridized carbons (Fsp3) is 0. The van der Waals surface area contributed by atoms with Gasteiger partial charge in [-0.3, -0.25) is 0 Å². The topological polar surface area (TPSA) is 0 Å². The molecular weight excluding hydrogens is 340 g/mol. The van der Waals surface area contributed by atoms with Crippen LogP contribution in [0.25, 0.3) is 0 Å². The lowest BCUT2D eigenvalue weighted by molar-refractivity contribution is 1.60. The normalized spacial score (nSPS) is 9.15. The molecule has 0 heterocycles. The molecule has 0 unspecified atom stereocenters. The van der Waals surface area contributed by atoms with Crippen molar-refractivity contribution in [1.82, 2.24) is 0 Å². The van der Waals surface area contributed by atoms with Crippen LogP contribution in [-0.2, 0) is 0 Å². The molecule has 0 aliphatic carbocycles. The van der Waals surface area contributed by atoms with Crippen molar-refractivity contribution in [2.45, 2.75) is 0 Å². The molecule has 3 aromatic carbocycles. The van der Waals surface area contributed by atoms with Crippen molar-refractivity contribution >= 4 is 14.0 Å². The molecule has 0 aromatic heterocycles. The first-order valence-corrected chi connectivity index (χ1v) is 9.88. The van der Waals surface area contributed by atoms with Gasteiger partial charge in [-0.2, -0.15) is 0 Å². The first-order valence-electron chi connectivity index (χ1n) is 8.38. The zero-order valence-electron chi connectivity index (χ0n) is 14.7. The van der Waals surface area contributed by atoms with Gasteiger partial charge in [0.25, 0.3) is 8.80 Å². The van der Waals surface area contributed by atoms with E-state index in [-0.39, 0.29) is 0 Å². The van der Waals surface area contributed by atoms with Gasteiger partial charge in [0.05, 0.1) is 0 Å². The van der Waals surface area contributed by atoms with Gasteiger partial charge in [0, 0.05) is 22.3 Å². The fourth-order valence-corrected chi connectivity index (χ4v) is 3.84. The molecule has 0 spiro atoms. The molecule has 1 heteroatoms. The maximum Gasteiger partial charge on any atom is 0.268 e. The number of hydrogen-bond acceptors (Lipinski definition) is 0. The van der Waals surface area contributed by atoms with Crippen LogP contribution in [0.5, 0.6) is 0 Å². The second-order valence-electron chi connectivity index (χ2n) is 5.69. The summed E-state index contributed by atoms with van der Waals surface area (Å²) >= 11 is 0. The highest BCUT2D eigenvalue weighted by atomic mass is 28.3. The lowest BCUT2D eigenvalue weighted by Crippen LogP contribution is -2.27. The highest BCUT2D eigenvalue weighted by Gasteiger charge is 2.08. The predicted molar refractivity (Wildman–Crippen MR) is 114 cm³/mol. The zero-order chi connectivity index (χ0) is 18.9. The second-order valence-corrected chi connectivity index (χ2v) is 7.52. The van der Waals surface area contributed by atoms with E-state index in [1.165, 1.54) is 0 Å². The van der Waals surface area contributed by atoms with Crippen LogP contribution >= 0.6 is 0 Å². The van der Waals surface area contributed by atoms with E-state index in [0.717, 1.165) is 27.4 Å². The van der Waals surface area contributed by atoms with E-state index < -0.39 is 8.80 Å². The summed E-state index contributed by atoms with van der Waals surface area (Å²) in [5.74, 6) is 11.8. The zero-order valence-corrected chi connectivity index (χ0v) is 15.7. The van der Waals surface area contributed by atoms with Gasteiger partial charge in [0.2, 0.25) is 0 Å². The predicted octanol–water partition coefficient (Wildman–Crippen LogP) is 3.53. The highest BCUT2D eigenvalue weighted by Crippen LogP contribution is 2.03. The third kappa shape index (κ3) is 5.05. The number of hydrogen-bond donors (Lipinski definition) is 0. The molecule has 0 N–H and O–H groups in total. The average Bonchev–Trinajstić information content (AvgIpc) is 2.74. The van der Waals surface area contributed by atoms with Gasteiger partial charge in [-0.05, 0) is 41.6 Å². The molecule has 3 rings (SSSR count). The first kappa shape index (κ1) is 17.9. The van der Waals surface area contributed by atoms with Crippen LogP contribution in [0.4, 0.5) is 0 Å². The molecule has 0 aliphatic rings. The molecule has 0 bridgehead atoms.